The predicted octanol–water partition coefficient (Wildman–Crippen LogP) is 2.71. The third-order valence-corrected chi connectivity index (χ3v) is 4.94. The van der Waals surface area contributed by atoms with Crippen LogP contribution in [0.4, 0.5) is 0 Å². The summed E-state index contributed by atoms with van der Waals surface area (Å²) >= 11 is 1.70. The number of carbonyl (C=O) groups excluding carboxylic acids is 1. The normalized spacial score (nSPS) is 18.8. The fourth-order valence-corrected chi connectivity index (χ4v) is 3.58. The van der Waals surface area contributed by atoms with Crippen LogP contribution in [0.3, 0.4) is 0 Å². The van der Waals surface area contributed by atoms with E-state index in [1.807, 2.05) is 0 Å². The van der Waals surface area contributed by atoms with Gasteiger partial charge >= 0.3 is 0 Å². The van der Waals surface area contributed by atoms with Gasteiger partial charge in [-0.05, 0) is 41.7 Å². The van der Waals surface area contributed by atoms with E-state index in [0.29, 0.717) is 6.54 Å². The average Bonchev–Trinajstić information content (AvgIpc) is 2.82. The summed E-state index contributed by atoms with van der Waals surface area (Å²) in [5.74, 6) is 0.173. The van der Waals surface area contributed by atoms with Gasteiger partial charge in [-0.25, -0.2) is 0 Å². The van der Waals surface area contributed by atoms with E-state index >= 15 is 0 Å². The maximum atomic E-state index is 12.4. The Hall–Kier alpha value is -0.870. The lowest BCUT2D eigenvalue weighted by molar-refractivity contribution is -0.131. The molecule has 0 bridgehead atoms. The quantitative estimate of drug-likeness (QED) is 0.815. The molecule has 1 amide bonds. The number of rotatable bonds is 5. The third-order valence-electron chi connectivity index (χ3n) is 4.21. The number of hydrogen-bond acceptors (Lipinski definition) is 3. The van der Waals surface area contributed by atoms with E-state index < -0.39 is 0 Å². The SMILES string of the molecule is NCC1(C(=O)NCCc2ccsc2)CCCCCC1. The lowest BCUT2D eigenvalue weighted by Gasteiger charge is -2.29. The number of nitrogens with two attached hydrogens (primary N) is 1. The Balaban J connectivity index is 1.85. The van der Waals surface area contributed by atoms with Crippen LogP contribution in [-0.4, -0.2) is 19.0 Å². The van der Waals surface area contributed by atoms with Crippen molar-refractivity contribution < 1.29 is 4.79 Å². The molecule has 3 nitrogen and oxygen atoms in total. The highest BCUT2D eigenvalue weighted by Gasteiger charge is 2.36. The van der Waals surface area contributed by atoms with Crippen molar-refractivity contribution >= 4 is 17.2 Å². The first-order valence-electron chi connectivity index (χ1n) is 7.26. The Bertz CT molecular complexity index is 381. The first kappa shape index (κ1) is 14.5. The largest absolute Gasteiger partial charge is 0.355 e. The van der Waals surface area contributed by atoms with Gasteiger partial charge in [0.1, 0.15) is 0 Å². The van der Waals surface area contributed by atoms with Crippen molar-refractivity contribution in [2.45, 2.75) is 44.9 Å². The molecular weight excluding hydrogens is 256 g/mol. The maximum absolute atomic E-state index is 12.4. The average molecular weight is 280 g/mol. The molecular formula is C15H24N2OS. The molecule has 106 valence electrons. The number of hydrogen-bond donors (Lipinski definition) is 2. The minimum atomic E-state index is -0.300. The molecule has 19 heavy (non-hydrogen) atoms. The van der Waals surface area contributed by atoms with Crippen LogP contribution in [-0.2, 0) is 11.2 Å². The molecule has 0 unspecified atom stereocenters. The number of amides is 1. The Kier molecular flexibility index (Phi) is 5.40. The minimum absolute atomic E-state index is 0.173. The van der Waals surface area contributed by atoms with Crippen molar-refractivity contribution in [1.82, 2.24) is 5.32 Å². The minimum Gasteiger partial charge on any atom is -0.355 e. The number of nitrogens with one attached hydrogen (secondary N) is 1. The Labute approximate surface area is 119 Å². The van der Waals surface area contributed by atoms with E-state index in [4.69, 9.17) is 5.73 Å². The number of thiophene rings is 1. The summed E-state index contributed by atoms with van der Waals surface area (Å²) in [4.78, 5) is 12.4. The standard InChI is InChI=1S/C15H24N2OS/c16-12-15(7-3-1-2-4-8-15)14(18)17-9-5-13-6-10-19-11-13/h6,10-11H,1-5,7-9,12,16H2,(H,17,18). The molecule has 1 heterocycles. The van der Waals surface area contributed by atoms with Crippen molar-refractivity contribution in [2.75, 3.05) is 13.1 Å². The van der Waals surface area contributed by atoms with E-state index in [9.17, 15) is 4.79 Å². The molecule has 0 radical (unpaired) electrons. The maximum Gasteiger partial charge on any atom is 0.227 e. The summed E-state index contributed by atoms with van der Waals surface area (Å²) in [5.41, 5.74) is 6.91. The molecule has 0 atom stereocenters. The van der Waals surface area contributed by atoms with Gasteiger partial charge in [0, 0.05) is 13.1 Å². The molecule has 0 spiro atoms. The summed E-state index contributed by atoms with van der Waals surface area (Å²) in [6.45, 7) is 1.20. The molecule has 0 aromatic carbocycles. The van der Waals surface area contributed by atoms with Gasteiger partial charge in [-0.15, -0.1) is 0 Å². The molecule has 2 rings (SSSR count). The van der Waals surface area contributed by atoms with Crippen LogP contribution in [0.2, 0.25) is 0 Å². The molecule has 1 saturated carbocycles. The van der Waals surface area contributed by atoms with Crippen molar-refractivity contribution in [3.8, 4) is 0 Å². The van der Waals surface area contributed by atoms with Gasteiger partial charge in [-0.2, -0.15) is 11.3 Å². The zero-order chi connectivity index (χ0) is 13.6. The Morgan fingerprint density at radius 3 is 2.63 bits per heavy atom. The molecule has 1 aliphatic carbocycles. The second-order valence-corrected chi connectivity index (χ2v) is 6.32. The molecule has 0 aliphatic heterocycles. The zero-order valence-corrected chi connectivity index (χ0v) is 12.3. The molecule has 1 aromatic rings. The third kappa shape index (κ3) is 3.80. The fourth-order valence-electron chi connectivity index (χ4n) is 2.87. The molecule has 0 saturated heterocycles. The summed E-state index contributed by atoms with van der Waals surface area (Å²) in [6.07, 6.45) is 7.57. The first-order chi connectivity index (χ1) is 9.27. The first-order valence-corrected chi connectivity index (χ1v) is 8.21. The van der Waals surface area contributed by atoms with E-state index in [1.165, 1.54) is 18.4 Å². The van der Waals surface area contributed by atoms with Crippen LogP contribution < -0.4 is 11.1 Å². The molecule has 1 fully saturated rings. The van der Waals surface area contributed by atoms with Crippen molar-refractivity contribution in [3.63, 3.8) is 0 Å². The van der Waals surface area contributed by atoms with Crippen LogP contribution in [0, 0.1) is 5.41 Å². The summed E-state index contributed by atoms with van der Waals surface area (Å²) < 4.78 is 0. The lowest BCUT2D eigenvalue weighted by Crippen LogP contribution is -2.46. The smallest absolute Gasteiger partial charge is 0.227 e. The van der Waals surface area contributed by atoms with Gasteiger partial charge in [-0.3, -0.25) is 4.79 Å². The molecule has 1 aromatic heterocycles. The van der Waals surface area contributed by atoms with Crippen molar-refractivity contribution in [2.24, 2.45) is 11.1 Å². The van der Waals surface area contributed by atoms with Gasteiger partial charge in [0.25, 0.3) is 0 Å². The lowest BCUT2D eigenvalue weighted by atomic mass is 9.79. The van der Waals surface area contributed by atoms with Gasteiger partial charge in [0.2, 0.25) is 5.91 Å². The zero-order valence-electron chi connectivity index (χ0n) is 11.5. The van der Waals surface area contributed by atoms with Gasteiger partial charge in [0.05, 0.1) is 5.41 Å². The second kappa shape index (κ2) is 7.06. The monoisotopic (exact) mass is 280 g/mol. The fraction of sp³-hybridized carbons (Fsp3) is 0.667. The van der Waals surface area contributed by atoms with E-state index in [-0.39, 0.29) is 11.3 Å². The van der Waals surface area contributed by atoms with Crippen molar-refractivity contribution in [1.29, 1.82) is 0 Å². The van der Waals surface area contributed by atoms with Crippen LogP contribution in [0.15, 0.2) is 16.8 Å². The summed E-state index contributed by atoms with van der Waals surface area (Å²) in [5, 5.41) is 7.30. The van der Waals surface area contributed by atoms with Crippen LogP contribution in [0.1, 0.15) is 44.1 Å². The van der Waals surface area contributed by atoms with Gasteiger partial charge in [-0.1, -0.05) is 25.7 Å². The molecule has 3 N–H and O–H groups in total. The molecule has 4 heteroatoms. The number of carbonyl (C=O) groups is 1. The predicted molar refractivity (Wildman–Crippen MR) is 80.2 cm³/mol. The highest BCUT2D eigenvalue weighted by Crippen LogP contribution is 2.34. The second-order valence-electron chi connectivity index (χ2n) is 5.54. The summed E-state index contributed by atoms with van der Waals surface area (Å²) in [6, 6.07) is 2.11. The van der Waals surface area contributed by atoms with Gasteiger partial charge in [0.15, 0.2) is 0 Å². The van der Waals surface area contributed by atoms with Crippen LogP contribution in [0.5, 0.6) is 0 Å². The van der Waals surface area contributed by atoms with Crippen LogP contribution in [0.25, 0.3) is 0 Å². The van der Waals surface area contributed by atoms with Crippen LogP contribution >= 0.6 is 11.3 Å². The topological polar surface area (TPSA) is 55.1 Å². The summed E-state index contributed by atoms with van der Waals surface area (Å²) in [7, 11) is 0. The van der Waals surface area contributed by atoms with Gasteiger partial charge < -0.3 is 11.1 Å². The van der Waals surface area contributed by atoms with E-state index in [0.717, 1.165) is 38.6 Å². The van der Waals surface area contributed by atoms with E-state index in [1.54, 1.807) is 11.3 Å². The molecule has 1 aliphatic rings. The van der Waals surface area contributed by atoms with E-state index in [2.05, 4.69) is 22.1 Å². The Morgan fingerprint density at radius 1 is 1.32 bits per heavy atom. The highest BCUT2D eigenvalue weighted by molar-refractivity contribution is 7.07. The highest BCUT2D eigenvalue weighted by atomic mass is 32.1. The Morgan fingerprint density at radius 2 is 2.05 bits per heavy atom. The van der Waals surface area contributed by atoms with Crippen molar-refractivity contribution in [3.05, 3.63) is 22.4 Å².